The lowest BCUT2D eigenvalue weighted by molar-refractivity contribution is 0.635. The average molecular weight is 210 g/mol. The molecule has 1 aromatic rings. The molecule has 0 aliphatic carbocycles. The van der Waals surface area contributed by atoms with Crippen LogP contribution in [0.15, 0.2) is 5.38 Å². The Labute approximate surface area is 89.7 Å². The van der Waals surface area contributed by atoms with Crippen LogP contribution in [0, 0.1) is 0 Å². The van der Waals surface area contributed by atoms with Gasteiger partial charge in [0.1, 0.15) is 0 Å². The normalized spacial score (nSPS) is 15.5. The van der Waals surface area contributed by atoms with Crippen LogP contribution in [0.4, 0.5) is 0 Å². The molecule has 3 heteroatoms. The molecule has 2 nitrogen and oxygen atoms in total. The molecule has 1 aliphatic rings. The van der Waals surface area contributed by atoms with Gasteiger partial charge in [0.05, 0.1) is 0 Å². The van der Waals surface area contributed by atoms with Crippen LogP contribution >= 0.6 is 11.3 Å². The summed E-state index contributed by atoms with van der Waals surface area (Å²) in [5.74, 6) is 0. The van der Waals surface area contributed by atoms with Crippen molar-refractivity contribution >= 4 is 11.3 Å². The zero-order valence-electron chi connectivity index (χ0n) is 8.73. The van der Waals surface area contributed by atoms with E-state index in [4.69, 9.17) is 0 Å². The van der Waals surface area contributed by atoms with Crippen molar-refractivity contribution in [1.29, 1.82) is 0 Å². The van der Waals surface area contributed by atoms with Gasteiger partial charge >= 0.3 is 0 Å². The molecular formula is C11H18N2S. The van der Waals surface area contributed by atoms with Gasteiger partial charge < -0.3 is 10.6 Å². The quantitative estimate of drug-likeness (QED) is 0.742. The highest BCUT2D eigenvalue weighted by Gasteiger charge is 2.14. The molecule has 0 fully saturated rings. The molecule has 0 unspecified atom stereocenters. The minimum absolute atomic E-state index is 1.06. The van der Waals surface area contributed by atoms with Gasteiger partial charge in [0.25, 0.3) is 0 Å². The summed E-state index contributed by atoms with van der Waals surface area (Å²) in [4.78, 5) is 1.55. The molecule has 0 amide bonds. The smallest absolute Gasteiger partial charge is 0.0302 e. The Balaban J connectivity index is 1.99. The van der Waals surface area contributed by atoms with E-state index >= 15 is 0 Å². The first-order chi connectivity index (χ1) is 6.92. The molecule has 1 aromatic heterocycles. The van der Waals surface area contributed by atoms with E-state index in [0.717, 1.165) is 26.2 Å². The van der Waals surface area contributed by atoms with Crippen molar-refractivity contribution in [2.24, 2.45) is 0 Å². The summed E-state index contributed by atoms with van der Waals surface area (Å²) < 4.78 is 0. The molecule has 2 rings (SSSR count). The van der Waals surface area contributed by atoms with Crippen LogP contribution in [0.5, 0.6) is 0 Å². The third-order valence-corrected chi connectivity index (χ3v) is 3.72. The third kappa shape index (κ3) is 2.16. The first-order valence-electron chi connectivity index (χ1n) is 5.41. The Kier molecular flexibility index (Phi) is 3.56. The number of thiophene rings is 1. The van der Waals surface area contributed by atoms with Crippen molar-refractivity contribution in [3.63, 3.8) is 0 Å². The Morgan fingerprint density at radius 3 is 3.36 bits per heavy atom. The molecule has 2 heterocycles. The lowest BCUT2D eigenvalue weighted by atomic mass is 10.0. The summed E-state index contributed by atoms with van der Waals surface area (Å²) >= 11 is 1.91. The van der Waals surface area contributed by atoms with Crippen LogP contribution < -0.4 is 10.6 Å². The number of rotatable bonds is 4. The Hall–Kier alpha value is -0.380. The lowest BCUT2D eigenvalue weighted by Gasteiger charge is -2.14. The first kappa shape index (κ1) is 10.1. The van der Waals surface area contributed by atoms with E-state index in [0.29, 0.717) is 0 Å². The van der Waals surface area contributed by atoms with E-state index in [1.807, 2.05) is 11.3 Å². The van der Waals surface area contributed by atoms with Crippen molar-refractivity contribution in [2.45, 2.75) is 32.9 Å². The topological polar surface area (TPSA) is 24.1 Å². The van der Waals surface area contributed by atoms with Crippen molar-refractivity contribution < 1.29 is 0 Å². The molecule has 0 aromatic carbocycles. The fraction of sp³-hybridized carbons (Fsp3) is 0.636. The second kappa shape index (κ2) is 4.91. The van der Waals surface area contributed by atoms with E-state index < -0.39 is 0 Å². The largest absolute Gasteiger partial charge is 0.313 e. The zero-order chi connectivity index (χ0) is 9.80. The van der Waals surface area contributed by atoms with E-state index in [9.17, 15) is 0 Å². The number of hydrogen-bond donors (Lipinski definition) is 2. The van der Waals surface area contributed by atoms with Crippen LogP contribution in [-0.2, 0) is 19.5 Å². The standard InChI is InChI=1S/C11H18N2S/c1-2-4-12-6-9-8-14-11-7-13-5-3-10(9)11/h8,12-13H,2-7H2,1H3. The van der Waals surface area contributed by atoms with E-state index in [1.54, 1.807) is 10.4 Å². The van der Waals surface area contributed by atoms with Crippen molar-refractivity contribution in [3.05, 3.63) is 21.4 Å². The second-order valence-corrected chi connectivity index (χ2v) is 4.73. The van der Waals surface area contributed by atoms with Gasteiger partial charge in [-0.25, -0.2) is 0 Å². The van der Waals surface area contributed by atoms with Gasteiger partial charge in [-0.2, -0.15) is 0 Å². The number of hydrogen-bond acceptors (Lipinski definition) is 3. The van der Waals surface area contributed by atoms with Crippen LogP contribution in [0.1, 0.15) is 29.3 Å². The van der Waals surface area contributed by atoms with Gasteiger partial charge in [0.2, 0.25) is 0 Å². The van der Waals surface area contributed by atoms with Crippen LogP contribution in [-0.4, -0.2) is 13.1 Å². The Morgan fingerprint density at radius 1 is 1.57 bits per heavy atom. The summed E-state index contributed by atoms with van der Waals surface area (Å²) in [5, 5.41) is 9.21. The monoisotopic (exact) mass is 210 g/mol. The molecule has 0 saturated carbocycles. The summed E-state index contributed by atoms with van der Waals surface area (Å²) in [6.45, 7) is 6.61. The van der Waals surface area contributed by atoms with E-state index in [1.165, 1.54) is 18.4 Å². The van der Waals surface area contributed by atoms with Crippen LogP contribution in [0.2, 0.25) is 0 Å². The molecule has 2 N–H and O–H groups in total. The molecule has 0 saturated heterocycles. The molecule has 0 bridgehead atoms. The predicted octanol–water partition coefficient (Wildman–Crippen LogP) is 1.89. The average Bonchev–Trinajstić information content (AvgIpc) is 2.63. The minimum atomic E-state index is 1.06. The maximum Gasteiger partial charge on any atom is 0.0302 e. The van der Waals surface area contributed by atoms with E-state index in [-0.39, 0.29) is 0 Å². The molecule has 1 aliphatic heterocycles. The van der Waals surface area contributed by atoms with Gasteiger partial charge in [-0.15, -0.1) is 11.3 Å². The predicted molar refractivity (Wildman–Crippen MR) is 61.7 cm³/mol. The number of fused-ring (bicyclic) bond motifs is 1. The maximum absolute atomic E-state index is 3.47. The molecular weight excluding hydrogens is 192 g/mol. The minimum Gasteiger partial charge on any atom is -0.313 e. The first-order valence-corrected chi connectivity index (χ1v) is 6.29. The van der Waals surface area contributed by atoms with Crippen molar-refractivity contribution in [1.82, 2.24) is 10.6 Å². The van der Waals surface area contributed by atoms with Crippen molar-refractivity contribution in [2.75, 3.05) is 13.1 Å². The third-order valence-electron chi connectivity index (χ3n) is 2.65. The molecule has 0 atom stereocenters. The van der Waals surface area contributed by atoms with Gasteiger partial charge in [-0.05, 0) is 42.4 Å². The van der Waals surface area contributed by atoms with E-state index in [2.05, 4.69) is 22.9 Å². The molecule has 78 valence electrons. The van der Waals surface area contributed by atoms with Gasteiger partial charge in [-0.3, -0.25) is 0 Å². The lowest BCUT2D eigenvalue weighted by Crippen LogP contribution is -2.23. The van der Waals surface area contributed by atoms with Crippen LogP contribution in [0.25, 0.3) is 0 Å². The summed E-state index contributed by atoms with van der Waals surface area (Å²) in [6.07, 6.45) is 2.43. The fourth-order valence-corrected chi connectivity index (χ4v) is 2.95. The van der Waals surface area contributed by atoms with Gasteiger partial charge in [-0.1, -0.05) is 6.92 Å². The summed E-state index contributed by atoms with van der Waals surface area (Å²) in [6, 6.07) is 0. The molecule has 0 spiro atoms. The number of nitrogens with one attached hydrogen (secondary N) is 2. The summed E-state index contributed by atoms with van der Waals surface area (Å²) in [5.41, 5.74) is 3.14. The van der Waals surface area contributed by atoms with Gasteiger partial charge in [0, 0.05) is 18.0 Å². The second-order valence-electron chi connectivity index (χ2n) is 3.77. The highest BCUT2D eigenvalue weighted by molar-refractivity contribution is 7.10. The highest BCUT2D eigenvalue weighted by Crippen LogP contribution is 2.25. The maximum atomic E-state index is 3.47. The Morgan fingerprint density at radius 2 is 2.50 bits per heavy atom. The molecule has 14 heavy (non-hydrogen) atoms. The van der Waals surface area contributed by atoms with Gasteiger partial charge in [0.15, 0.2) is 0 Å². The zero-order valence-corrected chi connectivity index (χ0v) is 9.54. The highest BCUT2D eigenvalue weighted by atomic mass is 32.1. The fourth-order valence-electron chi connectivity index (χ4n) is 1.88. The van der Waals surface area contributed by atoms with Crippen molar-refractivity contribution in [3.8, 4) is 0 Å². The Bertz CT molecular complexity index is 293. The SMILES string of the molecule is CCCNCc1csc2c1CCNC2. The molecule has 0 radical (unpaired) electrons. The van der Waals surface area contributed by atoms with Crippen LogP contribution in [0.3, 0.4) is 0 Å². The summed E-state index contributed by atoms with van der Waals surface area (Å²) in [7, 11) is 0.